The molecule has 0 spiro atoms. The van der Waals surface area contributed by atoms with E-state index in [-0.39, 0.29) is 35.8 Å². The van der Waals surface area contributed by atoms with Crippen LogP contribution in [0, 0.1) is 0 Å². The van der Waals surface area contributed by atoms with Crippen molar-refractivity contribution < 1.29 is 10.2 Å². The van der Waals surface area contributed by atoms with Crippen LogP contribution in [0.5, 0.6) is 5.75 Å². The Labute approximate surface area is 180 Å². The van der Waals surface area contributed by atoms with Gasteiger partial charge < -0.3 is 20.4 Å². The maximum atomic E-state index is 5.98. The fourth-order valence-corrected chi connectivity index (χ4v) is 2.74. The highest BCUT2D eigenvalue weighted by molar-refractivity contribution is 6.30. The molecule has 0 radical (unpaired) electrons. The molecule has 0 atom stereocenters. The van der Waals surface area contributed by atoms with E-state index in [0.29, 0.717) is 6.61 Å². The third-order valence-electron chi connectivity index (χ3n) is 3.95. The first-order valence-electron chi connectivity index (χ1n) is 8.25. The van der Waals surface area contributed by atoms with Crippen LogP contribution in [0.1, 0.15) is 25.0 Å². The van der Waals surface area contributed by atoms with Gasteiger partial charge in [0.2, 0.25) is 0 Å². The van der Waals surface area contributed by atoms with E-state index < -0.39 is 0 Å². The molecule has 0 aromatic heterocycles. The Morgan fingerprint density at radius 2 is 1.59 bits per heavy atom. The Kier molecular flexibility index (Phi) is 13.8. The highest BCUT2D eigenvalue weighted by Crippen LogP contribution is 2.22. The van der Waals surface area contributed by atoms with Crippen LogP contribution in [-0.4, -0.2) is 37.6 Å². The lowest BCUT2D eigenvalue weighted by molar-refractivity contribution is 0.279. The average Bonchev–Trinajstić information content (AvgIpc) is 2.53. The van der Waals surface area contributed by atoms with Crippen LogP contribution in [0.3, 0.4) is 0 Å². The monoisotopic (exact) mass is 436 g/mol. The van der Waals surface area contributed by atoms with Crippen molar-refractivity contribution in [1.29, 1.82) is 0 Å². The topological polar surface area (TPSA) is 56.0 Å². The first-order valence-corrected chi connectivity index (χ1v) is 8.63. The summed E-state index contributed by atoms with van der Waals surface area (Å²) < 4.78 is 5.98. The van der Waals surface area contributed by atoms with Crippen molar-refractivity contribution in [2.45, 2.75) is 25.9 Å². The van der Waals surface area contributed by atoms with E-state index in [1.807, 2.05) is 30.3 Å². The van der Waals surface area contributed by atoms with Gasteiger partial charge in [-0.1, -0.05) is 41.9 Å². The largest absolute Gasteiger partial charge is 0.492 e. The number of nitrogens with one attached hydrogen (secondary N) is 1. The molecule has 0 aliphatic heterocycles. The Morgan fingerprint density at radius 3 is 2.19 bits per heavy atom. The van der Waals surface area contributed by atoms with E-state index in [4.69, 9.17) is 16.3 Å². The van der Waals surface area contributed by atoms with Crippen LogP contribution < -0.4 is 10.1 Å². The van der Waals surface area contributed by atoms with Crippen molar-refractivity contribution in [1.82, 2.24) is 10.2 Å². The van der Waals surface area contributed by atoms with Crippen molar-refractivity contribution in [3.8, 4) is 5.75 Å². The second-order valence-corrected chi connectivity index (χ2v) is 7.19. The highest BCUT2D eigenvalue weighted by atomic mass is 35.5. The van der Waals surface area contributed by atoms with Gasteiger partial charge in [-0.05, 0) is 51.7 Å². The lowest BCUT2D eigenvalue weighted by Crippen LogP contribution is -2.39. The van der Waals surface area contributed by atoms with Gasteiger partial charge >= 0.3 is 0 Å². The van der Waals surface area contributed by atoms with Gasteiger partial charge in [0.15, 0.2) is 0 Å². The minimum Gasteiger partial charge on any atom is -0.492 e. The smallest absolute Gasteiger partial charge is 0.123 e. The number of hydrogen-bond donors (Lipinski definition) is 1. The molecule has 7 heteroatoms. The molecule has 2 rings (SSSR count). The molecule has 0 unspecified atom stereocenters. The van der Waals surface area contributed by atoms with Crippen LogP contribution in [0.25, 0.3) is 0 Å². The minimum absolute atomic E-state index is 0. The molecule has 27 heavy (non-hydrogen) atoms. The van der Waals surface area contributed by atoms with Crippen LogP contribution in [-0.2, 0) is 12.1 Å². The first-order chi connectivity index (χ1) is 11.4. The summed E-state index contributed by atoms with van der Waals surface area (Å²) in [5.41, 5.74) is 2.29. The lowest BCUT2D eigenvalue weighted by atomic mass is 9.94. The van der Waals surface area contributed by atoms with E-state index in [1.54, 1.807) is 0 Å². The number of rotatable bonds is 8. The predicted octanol–water partition coefficient (Wildman–Crippen LogP) is 4.32. The summed E-state index contributed by atoms with van der Waals surface area (Å²) in [6.07, 6.45) is 0. The molecule has 0 bridgehead atoms. The SMILES string of the molecule is CN(C)Cc1ccccc1OCCNC(C)(C)c1ccc(Cl)cc1.Cl.Cl.O. The van der Waals surface area contributed by atoms with Gasteiger partial charge in [0.1, 0.15) is 12.4 Å². The second kappa shape index (κ2) is 13.2. The van der Waals surface area contributed by atoms with E-state index in [1.165, 1.54) is 11.1 Å². The van der Waals surface area contributed by atoms with Gasteiger partial charge in [0, 0.05) is 29.2 Å². The highest BCUT2D eigenvalue weighted by Gasteiger charge is 2.19. The molecule has 2 aromatic carbocycles. The van der Waals surface area contributed by atoms with Gasteiger partial charge in [-0.3, -0.25) is 0 Å². The number of para-hydroxylation sites is 1. The van der Waals surface area contributed by atoms with Crippen molar-refractivity contribution in [3.63, 3.8) is 0 Å². The normalized spacial score (nSPS) is 10.4. The fraction of sp³-hybridized carbons (Fsp3) is 0.400. The summed E-state index contributed by atoms with van der Waals surface area (Å²) in [6, 6.07) is 16.2. The van der Waals surface area contributed by atoms with Crippen LogP contribution in [0.4, 0.5) is 0 Å². The molecule has 0 heterocycles. The number of hydrogen-bond acceptors (Lipinski definition) is 3. The lowest BCUT2D eigenvalue weighted by Gasteiger charge is -2.27. The quantitative estimate of drug-likeness (QED) is 0.626. The zero-order chi connectivity index (χ0) is 17.6. The molecule has 0 saturated heterocycles. The molecule has 4 nitrogen and oxygen atoms in total. The van der Waals surface area contributed by atoms with Gasteiger partial charge in [-0.25, -0.2) is 0 Å². The Balaban J connectivity index is 0. The summed E-state index contributed by atoms with van der Waals surface area (Å²) in [4.78, 5) is 2.14. The Bertz CT molecular complexity index is 650. The van der Waals surface area contributed by atoms with Gasteiger partial charge in [-0.2, -0.15) is 0 Å². The maximum Gasteiger partial charge on any atom is 0.123 e. The molecule has 2 aromatic rings. The summed E-state index contributed by atoms with van der Waals surface area (Å²) in [5, 5.41) is 4.31. The molecule has 154 valence electrons. The van der Waals surface area contributed by atoms with Crippen molar-refractivity contribution in [2.24, 2.45) is 0 Å². The predicted molar refractivity (Wildman–Crippen MR) is 120 cm³/mol. The van der Waals surface area contributed by atoms with Gasteiger partial charge in [0.25, 0.3) is 0 Å². The molecule has 0 aliphatic rings. The fourth-order valence-electron chi connectivity index (χ4n) is 2.61. The Morgan fingerprint density at radius 1 is 1.00 bits per heavy atom. The number of halogens is 3. The van der Waals surface area contributed by atoms with Crippen molar-refractivity contribution >= 4 is 36.4 Å². The van der Waals surface area contributed by atoms with E-state index >= 15 is 0 Å². The third kappa shape index (κ3) is 9.15. The standard InChI is InChI=1S/C20H27ClN2O.2ClH.H2O/c1-20(2,17-9-11-18(21)12-10-17)22-13-14-24-19-8-6-5-7-16(19)15-23(3)4;;;/h5-12,22H,13-15H2,1-4H3;2*1H;1H2. The number of benzene rings is 2. The van der Waals surface area contributed by atoms with Gasteiger partial charge in [-0.15, -0.1) is 24.8 Å². The summed E-state index contributed by atoms with van der Waals surface area (Å²) >= 11 is 5.96. The van der Waals surface area contributed by atoms with Crippen LogP contribution in [0.2, 0.25) is 5.02 Å². The molecular weight excluding hydrogens is 407 g/mol. The summed E-state index contributed by atoms with van der Waals surface area (Å²) in [7, 11) is 4.12. The third-order valence-corrected chi connectivity index (χ3v) is 4.20. The first kappa shape index (κ1) is 28.2. The number of nitrogens with zero attached hydrogens (tertiary/aromatic N) is 1. The van der Waals surface area contributed by atoms with Crippen molar-refractivity contribution in [3.05, 3.63) is 64.7 Å². The molecule has 3 N–H and O–H groups in total. The van der Waals surface area contributed by atoms with Crippen LogP contribution in [0.15, 0.2) is 48.5 Å². The maximum absolute atomic E-state index is 5.98. The molecule has 0 saturated carbocycles. The zero-order valence-electron chi connectivity index (χ0n) is 16.3. The Hall–Kier alpha value is -1.01. The molecular formula is C20H31Cl3N2O2. The van der Waals surface area contributed by atoms with Crippen LogP contribution >= 0.6 is 36.4 Å². The summed E-state index contributed by atoms with van der Waals surface area (Å²) in [6.45, 7) is 6.60. The minimum atomic E-state index is -0.128. The molecule has 0 fully saturated rings. The van der Waals surface area contributed by atoms with E-state index in [2.05, 4.69) is 56.4 Å². The average molecular weight is 438 g/mol. The molecule has 0 aliphatic carbocycles. The summed E-state index contributed by atoms with van der Waals surface area (Å²) in [5.74, 6) is 0.956. The van der Waals surface area contributed by atoms with E-state index in [0.717, 1.165) is 23.9 Å². The zero-order valence-corrected chi connectivity index (χ0v) is 18.7. The van der Waals surface area contributed by atoms with E-state index in [9.17, 15) is 0 Å². The number of ether oxygens (including phenoxy) is 1. The molecule has 0 amide bonds. The van der Waals surface area contributed by atoms with Gasteiger partial charge in [0.05, 0.1) is 0 Å². The van der Waals surface area contributed by atoms with Crippen molar-refractivity contribution in [2.75, 3.05) is 27.2 Å². The second-order valence-electron chi connectivity index (χ2n) is 6.75.